The van der Waals surface area contributed by atoms with E-state index in [9.17, 15) is 9.59 Å². The largest absolute Gasteiger partial charge is 0.464 e. The minimum Gasteiger partial charge on any atom is -0.464 e. The van der Waals surface area contributed by atoms with Crippen LogP contribution in [0.2, 0.25) is 0 Å². The molecule has 0 aliphatic rings. The van der Waals surface area contributed by atoms with Gasteiger partial charge >= 0.3 is 6.03 Å². The van der Waals surface area contributed by atoms with Crippen molar-refractivity contribution in [2.24, 2.45) is 0 Å². The average molecular weight is 414 g/mol. The van der Waals surface area contributed by atoms with Gasteiger partial charge in [0.15, 0.2) is 0 Å². The summed E-state index contributed by atoms with van der Waals surface area (Å²) in [5.74, 6) is -0.164. The van der Waals surface area contributed by atoms with Crippen LogP contribution in [0.1, 0.15) is 16.7 Å². The predicted molar refractivity (Wildman–Crippen MR) is 120 cm³/mol. The summed E-state index contributed by atoms with van der Waals surface area (Å²) < 4.78 is 5.56. The molecule has 3 amide bonds. The number of aryl methyl sites for hydroxylation is 1. The number of carbonyl (C=O) groups is 2. The number of amides is 3. The molecule has 0 fully saturated rings. The Labute approximate surface area is 179 Å². The van der Waals surface area contributed by atoms with Crippen LogP contribution < -0.4 is 16.0 Å². The van der Waals surface area contributed by atoms with Gasteiger partial charge in [0.1, 0.15) is 5.58 Å². The van der Waals surface area contributed by atoms with Crippen LogP contribution >= 0.6 is 0 Å². The number of fused-ring (bicyclic) bond motifs is 1. The molecule has 0 spiro atoms. The van der Waals surface area contributed by atoms with E-state index in [1.165, 1.54) is 0 Å². The predicted octanol–water partition coefficient (Wildman–Crippen LogP) is 4.64. The van der Waals surface area contributed by atoms with Gasteiger partial charge in [0.2, 0.25) is 5.91 Å². The average Bonchev–Trinajstić information content (AvgIpc) is 3.14. The number of benzene rings is 2. The van der Waals surface area contributed by atoms with Crippen molar-refractivity contribution >= 4 is 34.3 Å². The molecule has 0 saturated carbocycles. The summed E-state index contributed by atoms with van der Waals surface area (Å²) in [6.45, 7) is 2.39. The van der Waals surface area contributed by atoms with Gasteiger partial charge in [-0.05, 0) is 54.4 Å². The number of nitrogens with one attached hydrogen (secondary N) is 3. The molecule has 7 heteroatoms. The Morgan fingerprint density at radius 3 is 2.55 bits per heavy atom. The number of aromatic nitrogens is 1. The summed E-state index contributed by atoms with van der Waals surface area (Å²) in [4.78, 5) is 28.6. The first-order valence-corrected chi connectivity index (χ1v) is 9.87. The number of urea groups is 1. The van der Waals surface area contributed by atoms with Crippen molar-refractivity contribution in [2.75, 3.05) is 10.6 Å². The number of furan rings is 1. The van der Waals surface area contributed by atoms with Crippen molar-refractivity contribution in [1.82, 2.24) is 10.3 Å². The topological polar surface area (TPSA) is 96.3 Å². The molecule has 0 aliphatic heterocycles. The van der Waals surface area contributed by atoms with Crippen LogP contribution in [0.4, 0.5) is 16.2 Å². The highest BCUT2D eigenvalue weighted by Gasteiger charge is 2.11. The second-order valence-corrected chi connectivity index (χ2v) is 7.23. The van der Waals surface area contributed by atoms with Crippen molar-refractivity contribution in [3.8, 4) is 0 Å². The molecule has 0 bridgehead atoms. The summed E-state index contributed by atoms with van der Waals surface area (Å²) in [6, 6.07) is 16.3. The third-order valence-corrected chi connectivity index (χ3v) is 4.77. The fourth-order valence-corrected chi connectivity index (χ4v) is 3.24. The van der Waals surface area contributed by atoms with E-state index in [0.717, 1.165) is 27.7 Å². The third-order valence-electron chi connectivity index (χ3n) is 4.77. The van der Waals surface area contributed by atoms with Crippen molar-refractivity contribution in [2.45, 2.75) is 19.9 Å². The van der Waals surface area contributed by atoms with Gasteiger partial charge in [0, 0.05) is 41.3 Å². The Bertz CT molecular complexity index is 1220. The summed E-state index contributed by atoms with van der Waals surface area (Å²) >= 11 is 0. The van der Waals surface area contributed by atoms with Gasteiger partial charge in [-0.2, -0.15) is 0 Å². The smallest absolute Gasteiger partial charge is 0.319 e. The Balaban J connectivity index is 1.34. The Morgan fingerprint density at radius 2 is 1.74 bits per heavy atom. The number of hydrogen-bond acceptors (Lipinski definition) is 4. The maximum absolute atomic E-state index is 12.5. The maximum Gasteiger partial charge on any atom is 0.319 e. The van der Waals surface area contributed by atoms with E-state index in [1.54, 1.807) is 42.9 Å². The van der Waals surface area contributed by atoms with E-state index < -0.39 is 0 Å². The van der Waals surface area contributed by atoms with Crippen LogP contribution in [0, 0.1) is 6.92 Å². The lowest BCUT2D eigenvalue weighted by molar-refractivity contribution is -0.115. The fraction of sp³-hybridized carbons (Fsp3) is 0.125. The number of pyridine rings is 1. The summed E-state index contributed by atoms with van der Waals surface area (Å²) in [5, 5.41) is 9.35. The van der Waals surface area contributed by atoms with Crippen LogP contribution in [0.3, 0.4) is 0 Å². The molecule has 0 unspecified atom stereocenters. The second-order valence-electron chi connectivity index (χ2n) is 7.23. The first-order valence-electron chi connectivity index (χ1n) is 9.87. The Kier molecular flexibility index (Phi) is 5.93. The van der Waals surface area contributed by atoms with Gasteiger partial charge < -0.3 is 20.4 Å². The SMILES string of the molecule is Cc1ccc2c(CC(=O)Nc3cccc(NC(=O)NCc4ccncc4)c3)coc2c1. The molecule has 0 radical (unpaired) electrons. The monoisotopic (exact) mass is 414 g/mol. The summed E-state index contributed by atoms with van der Waals surface area (Å²) in [6.07, 6.45) is 5.16. The number of rotatable bonds is 6. The zero-order chi connectivity index (χ0) is 21.6. The molecule has 2 aromatic carbocycles. The minimum atomic E-state index is -0.333. The van der Waals surface area contributed by atoms with Crippen molar-refractivity contribution < 1.29 is 14.0 Å². The van der Waals surface area contributed by atoms with E-state index in [2.05, 4.69) is 20.9 Å². The van der Waals surface area contributed by atoms with Gasteiger partial charge in [-0.3, -0.25) is 9.78 Å². The number of hydrogen-bond donors (Lipinski definition) is 3. The molecule has 0 atom stereocenters. The molecule has 31 heavy (non-hydrogen) atoms. The highest BCUT2D eigenvalue weighted by atomic mass is 16.3. The Morgan fingerprint density at radius 1 is 0.968 bits per heavy atom. The van der Waals surface area contributed by atoms with Crippen molar-refractivity contribution in [3.63, 3.8) is 0 Å². The van der Waals surface area contributed by atoms with Crippen molar-refractivity contribution in [1.29, 1.82) is 0 Å². The zero-order valence-corrected chi connectivity index (χ0v) is 17.0. The lowest BCUT2D eigenvalue weighted by Gasteiger charge is -2.10. The lowest BCUT2D eigenvalue weighted by atomic mass is 10.1. The van der Waals surface area contributed by atoms with E-state index in [-0.39, 0.29) is 18.4 Å². The van der Waals surface area contributed by atoms with E-state index >= 15 is 0 Å². The van der Waals surface area contributed by atoms with Crippen molar-refractivity contribution in [3.05, 3.63) is 89.9 Å². The number of anilines is 2. The van der Waals surface area contributed by atoms with E-state index in [1.807, 2.05) is 37.3 Å². The van der Waals surface area contributed by atoms with Crippen LogP contribution in [0.15, 0.2) is 77.7 Å². The summed E-state index contributed by atoms with van der Waals surface area (Å²) in [5.41, 5.74) is 4.83. The minimum absolute atomic E-state index is 0.164. The lowest BCUT2D eigenvalue weighted by Crippen LogP contribution is -2.28. The number of nitrogens with zero attached hydrogens (tertiary/aromatic N) is 1. The zero-order valence-electron chi connectivity index (χ0n) is 17.0. The van der Waals surface area contributed by atoms with Crippen LogP contribution in [0.25, 0.3) is 11.0 Å². The molecule has 156 valence electrons. The first-order chi connectivity index (χ1) is 15.1. The highest BCUT2D eigenvalue weighted by Crippen LogP contribution is 2.23. The standard InChI is InChI=1S/C24H22N4O3/c1-16-5-6-21-18(15-31-22(21)11-16)12-23(29)27-19-3-2-4-20(13-19)28-24(30)26-14-17-7-9-25-10-8-17/h2-11,13,15H,12,14H2,1H3,(H,27,29)(H2,26,28,30). The van der Waals surface area contributed by atoms with Gasteiger partial charge in [-0.1, -0.05) is 18.2 Å². The molecule has 0 saturated heterocycles. The third kappa shape index (κ3) is 5.27. The molecule has 3 N–H and O–H groups in total. The van der Waals surface area contributed by atoms with Crippen LogP contribution in [-0.2, 0) is 17.8 Å². The molecular formula is C24H22N4O3. The Hall–Kier alpha value is -4.13. The van der Waals surface area contributed by atoms with Gasteiger partial charge in [0.25, 0.3) is 0 Å². The molecular weight excluding hydrogens is 392 g/mol. The van der Waals surface area contributed by atoms with E-state index in [4.69, 9.17) is 4.42 Å². The highest BCUT2D eigenvalue weighted by molar-refractivity contribution is 5.96. The molecule has 2 aromatic heterocycles. The fourth-order valence-electron chi connectivity index (χ4n) is 3.24. The summed E-state index contributed by atoms with van der Waals surface area (Å²) in [7, 11) is 0. The normalized spacial score (nSPS) is 10.6. The van der Waals surface area contributed by atoms with Gasteiger partial charge in [-0.25, -0.2) is 4.79 Å². The quantitative estimate of drug-likeness (QED) is 0.428. The first kappa shape index (κ1) is 20.2. The van der Waals surface area contributed by atoms with Crippen LogP contribution in [0.5, 0.6) is 0 Å². The molecule has 7 nitrogen and oxygen atoms in total. The molecule has 4 rings (SSSR count). The van der Waals surface area contributed by atoms with E-state index in [0.29, 0.717) is 17.9 Å². The van der Waals surface area contributed by atoms with Gasteiger partial charge in [0.05, 0.1) is 12.7 Å². The molecule has 4 aromatic rings. The van der Waals surface area contributed by atoms with Crippen LogP contribution in [-0.4, -0.2) is 16.9 Å². The second kappa shape index (κ2) is 9.13. The van der Waals surface area contributed by atoms with Gasteiger partial charge in [-0.15, -0.1) is 0 Å². The molecule has 2 heterocycles. The number of carbonyl (C=O) groups excluding carboxylic acids is 2. The molecule has 0 aliphatic carbocycles. The maximum atomic E-state index is 12.5.